The molecule has 0 aliphatic heterocycles. The molecule has 0 heterocycles. The van der Waals surface area contributed by atoms with Gasteiger partial charge in [-0.1, -0.05) is 80.4 Å². The third kappa shape index (κ3) is 3.53. The van der Waals surface area contributed by atoms with Crippen LogP contribution < -0.4 is 0 Å². The van der Waals surface area contributed by atoms with Crippen molar-refractivity contribution in [2.75, 3.05) is 0 Å². The van der Waals surface area contributed by atoms with Gasteiger partial charge in [0.25, 0.3) is 0 Å². The van der Waals surface area contributed by atoms with Crippen LogP contribution >= 0.6 is 0 Å². The average molecular weight is 286 g/mol. The minimum Gasteiger partial charge on any atom is -0.0985 e. The zero-order valence-corrected chi connectivity index (χ0v) is 13.2. The number of benzene rings is 2. The van der Waals surface area contributed by atoms with Gasteiger partial charge < -0.3 is 0 Å². The van der Waals surface area contributed by atoms with Gasteiger partial charge in [-0.25, -0.2) is 0 Å². The van der Waals surface area contributed by atoms with E-state index in [-0.39, 0.29) is 0 Å². The molecule has 0 bridgehead atoms. The highest BCUT2D eigenvalue weighted by Gasteiger charge is 2.07. The van der Waals surface area contributed by atoms with Crippen molar-refractivity contribution >= 4 is 23.3 Å². The number of allylic oxidation sites excluding steroid dienone is 2. The molecule has 0 amide bonds. The Morgan fingerprint density at radius 1 is 0.909 bits per heavy atom. The number of hydrogen-bond acceptors (Lipinski definition) is 0. The van der Waals surface area contributed by atoms with E-state index in [2.05, 4.69) is 68.8 Å². The zero-order valence-electron chi connectivity index (χ0n) is 13.2. The Hall–Kier alpha value is -2.60. The van der Waals surface area contributed by atoms with E-state index in [4.69, 9.17) is 0 Å². The van der Waals surface area contributed by atoms with Crippen LogP contribution in [0, 0.1) is 0 Å². The third-order valence-corrected chi connectivity index (χ3v) is 3.79. The van der Waals surface area contributed by atoms with Crippen molar-refractivity contribution in [1.29, 1.82) is 0 Å². The largest absolute Gasteiger partial charge is 0.0985 e. The van der Waals surface area contributed by atoms with Gasteiger partial charge in [0.05, 0.1) is 0 Å². The molecule has 110 valence electrons. The topological polar surface area (TPSA) is 0 Å². The Morgan fingerprint density at radius 2 is 1.50 bits per heavy atom. The lowest BCUT2D eigenvalue weighted by Crippen LogP contribution is -1.95. The highest BCUT2D eigenvalue weighted by Crippen LogP contribution is 2.25. The molecule has 0 atom stereocenters. The van der Waals surface area contributed by atoms with Crippen LogP contribution in [0.25, 0.3) is 23.3 Å². The molecule has 0 aromatic heterocycles. The predicted octanol–water partition coefficient (Wildman–Crippen LogP) is 6.26. The van der Waals surface area contributed by atoms with E-state index in [1.54, 1.807) is 0 Å². The lowest BCUT2D eigenvalue weighted by atomic mass is 9.92. The van der Waals surface area contributed by atoms with E-state index < -0.39 is 0 Å². The number of hydrogen-bond donors (Lipinski definition) is 0. The highest BCUT2D eigenvalue weighted by molar-refractivity contribution is 5.73. The van der Waals surface area contributed by atoms with Crippen molar-refractivity contribution in [3.05, 3.63) is 96.6 Å². The van der Waals surface area contributed by atoms with Gasteiger partial charge in [-0.2, -0.15) is 0 Å². The lowest BCUT2D eigenvalue weighted by Gasteiger charge is -2.13. The molecule has 0 N–H and O–H groups in total. The summed E-state index contributed by atoms with van der Waals surface area (Å²) in [6, 6.07) is 14.7. The molecule has 2 aromatic carbocycles. The second-order valence-corrected chi connectivity index (χ2v) is 5.51. The normalized spacial score (nSPS) is 10.0. The van der Waals surface area contributed by atoms with Crippen LogP contribution in [-0.2, 0) is 6.42 Å². The fraction of sp³-hybridized carbons (Fsp3) is 0.0909. The summed E-state index contributed by atoms with van der Waals surface area (Å²) in [5, 5.41) is 0. The lowest BCUT2D eigenvalue weighted by molar-refractivity contribution is 1.26. The molecule has 0 aliphatic rings. The molecule has 0 heteroatoms. The first-order valence-electron chi connectivity index (χ1n) is 7.37. The maximum atomic E-state index is 4.24. The minimum atomic E-state index is 0.813. The minimum absolute atomic E-state index is 0.813. The number of rotatable bonds is 6. The Kier molecular flexibility index (Phi) is 4.95. The van der Waals surface area contributed by atoms with Gasteiger partial charge >= 0.3 is 0 Å². The molecule has 0 radical (unpaired) electrons. The van der Waals surface area contributed by atoms with Crippen LogP contribution in [0.5, 0.6) is 0 Å². The van der Waals surface area contributed by atoms with Gasteiger partial charge in [-0.3, -0.25) is 0 Å². The summed E-state index contributed by atoms with van der Waals surface area (Å²) in [6.07, 6.45) is 4.52. The molecule has 0 saturated carbocycles. The maximum absolute atomic E-state index is 4.24. The van der Waals surface area contributed by atoms with E-state index in [0.717, 1.165) is 34.3 Å². The summed E-state index contributed by atoms with van der Waals surface area (Å²) in [7, 11) is 0. The van der Waals surface area contributed by atoms with Crippen LogP contribution in [0.15, 0.2) is 68.8 Å². The van der Waals surface area contributed by atoms with Crippen molar-refractivity contribution in [3.63, 3.8) is 0 Å². The van der Waals surface area contributed by atoms with Crippen LogP contribution in [0.4, 0.5) is 0 Å². The maximum Gasteiger partial charge on any atom is -0.00197 e. The molecule has 0 spiro atoms. The fourth-order valence-corrected chi connectivity index (χ4v) is 2.46. The van der Waals surface area contributed by atoms with Crippen LogP contribution in [0.1, 0.15) is 34.7 Å². The Bertz CT molecular complexity index is 727. The van der Waals surface area contributed by atoms with Crippen molar-refractivity contribution < 1.29 is 0 Å². The van der Waals surface area contributed by atoms with Crippen LogP contribution in [-0.4, -0.2) is 0 Å². The first-order chi connectivity index (χ1) is 10.5. The molecule has 0 unspecified atom stereocenters. The van der Waals surface area contributed by atoms with Crippen LogP contribution in [0.2, 0.25) is 0 Å². The van der Waals surface area contributed by atoms with Crippen molar-refractivity contribution in [2.24, 2.45) is 0 Å². The van der Waals surface area contributed by atoms with Crippen LogP contribution in [0.3, 0.4) is 0 Å². The second-order valence-electron chi connectivity index (χ2n) is 5.51. The average Bonchev–Trinajstić information content (AvgIpc) is 2.55. The smallest absolute Gasteiger partial charge is 0.00197 e. The predicted molar refractivity (Wildman–Crippen MR) is 101 cm³/mol. The second kappa shape index (κ2) is 6.91. The Labute approximate surface area is 133 Å². The van der Waals surface area contributed by atoms with E-state index in [1.165, 1.54) is 11.1 Å². The van der Waals surface area contributed by atoms with Crippen molar-refractivity contribution in [1.82, 2.24) is 0 Å². The van der Waals surface area contributed by atoms with E-state index in [0.29, 0.717) is 0 Å². The molecular formula is C22H22. The van der Waals surface area contributed by atoms with Gasteiger partial charge in [0.1, 0.15) is 0 Å². The summed E-state index contributed by atoms with van der Waals surface area (Å²) in [6.45, 7) is 18.0. The SMILES string of the molecule is C=Cc1ccc(C(=C)Cc2ccc(C=C)cc2C(=C)C)cc1. The van der Waals surface area contributed by atoms with E-state index >= 15 is 0 Å². The molecule has 0 nitrogen and oxygen atoms in total. The monoisotopic (exact) mass is 286 g/mol. The summed E-state index contributed by atoms with van der Waals surface area (Å²) < 4.78 is 0. The third-order valence-electron chi connectivity index (χ3n) is 3.79. The highest BCUT2D eigenvalue weighted by atomic mass is 14.1. The Balaban J connectivity index is 2.28. The molecule has 0 fully saturated rings. The summed E-state index contributed by atoms with van der Waals surface area (Å²) >= 11 is 0. The van der Waals surface area contributed by atoms with Crippen molar-refractivity contribution in [2.45, 2.75) is 13.3 Å². The molecule has 0 saturated heterocycles. The summed E-state index contributed by atoms with van der Waals surface area (Å²) in [4.78, 5) is 0. The fourth-order valence-electron chi connectivity index (χ4n) is 2.46. The first-order valence-corrected chi connectivity index (χ1v) is 7.37. The molecule has 2 rings (SSSR count). The van der Waals surface area contributed by atoms with E-state index in [1.807, 2.05) is 19.1 Å². The summed E-state index contributed by atoms with van der Waals surface area (Å²) in [5.74, 6) is 0. The molecule has 2 aromatic rings. The van der Waals surface area contributed by atoms with Crippen molar-refractivity contribution in [3.8, 4) is 0 Å². The molecule has 0 aliphatic carbocycles. The van der Waals surface area contributed by atoms with E-state index in [9.17, 15) is 0 Å². The van der Waals surface area contributed by atoms with Gasteiger partial charge in [0.2, 0.25) is 0 Å². The van der Waals surface area contributed by atoms with Gasteiger partial charge in [-0.05, 0) is 52.8 Å². The Morgan fingerprint density at radius 3 is 2.05 bits per heavy atom. The first kappa shape index (κ1) is 15.8. The quantitative estimate of drug-likeness (QED) is 0.587. The molecule has 22 heavy (non-hydrogen) atoms. The summed E-state index contributed by atoms with van der Waals surface area (Å²) in [5.41, 5.74) is 7.98. The zero-order chi connectivity index (χ0) is 16.1. The standard InChI is InChI=1S/C22H22/c1-6-18-8-11-20(12-9-18)17(5)14-21-13-10-19(7-2)15-22(21)16(3)4/h6-13,15H,1-3,5,14H2,4H3. The molecular weight excluding hydrogens is 264 g/mol. The van der Waals surface area contributed by atoms with Gasteiger partial charge in [-0.15, -0.1) is 0 Å². The van der Waals surface area contributed by atoms with Gasteiger partial charge in [0, 0.05) is 0 Å². The van der Waals surface area contributed by atoms with Gasteiger partial charge in [0.15, 0.2) is 0 Å².